The SMILES string of the molecule is COc1ccc(CN(C)C(=O)c2cnn(Cc3ccccc3Cl)c2)c(OC)c1. The maximum Gasteiger partial charge on any atom is 0.257 e. The van der Waals surface area contributed by atoms with E-state index in [-0.39, 0.29) is 5.91 Å². The Morgan fingerprint density at radius 3 is 2.64 bits per heavy atom. The lowest BCUT2D eigenvalue weighted by atomic mass is 10.1. The Kier molecular flexibility index (Phi) is 6.21. The van der Waals surface area contributed by atoms with Gasteiger partial charge in [-0.25, -0.2) is 0 Å². The van der Waals surface area contributed by atoms with Crippen LogP contribution in [0.25, 0.3) is 0 Å². The summed E-state index contributed by atoms with van der Waals surface area (Å²) in [4.78, 5) is 14.4. The molecule has 7 heteroatoms. The Bertz CT molecular complexity index is 971. The van der Waals surface area contributed by atoms with E-state index in [9.17, 15) is 4.79 Å². The van der Waals surface area contributed by atoms with Gasteiger partial charge in [-0.1, -0.05) is 29.8 Å². The van der Waals surface area contributed by atoms with Crippen molar-refractivity contribution in [2.24, 2.45) is 0 Å². The van der Waals surface area contributed by atoms with E-state index < -0.39 is 0 Å². The predicted molar refractivity (Wildman–Crippen MR) is 108 cm³/mol. The minimum atomic E-state index is -0.122. The molecular weight excluding hydrogens is 378 g/mol. The second-order valence-corrected chi connectivity index (χ2v) is 6.76. The number of rotatable bonds is 7. The molecule has 0 aliphatic heterocycles. The topological polar surface area (TPSA) is 56.6 Å². The number of carbonyl (C=O) groups excluding carboxylic acids is 1. The van der Waals surface area contributed by atoms with Crippen LogP contribution < -0.4 is 9.47 Å². The summed E-state index contributed by atoms with van der Waals surface area (Å²) < 4.78 is 12.3. The third kappa shape index (κ3) is 4.46. The zero-order valence-electron chi connectivity index (χ0n) is 16.1. The van der Waals surface area contributed by atoms with Crippen molar-refractivity contribution >= 4 is 17.5 Å². The molecule has 0 aliphatic rings. The van der Waals surface area contributed by atoms with Gasteiger partial charge in [-0.2, -0.15) is 5.10 Å². The maximum absolute atomic E-state index is 12.8. The van der Waals surface area contributed by atoms with Crippen LogP contribution in [0.1, 0.15) is 21.5 Å². The monoisotopic (exact) mass is 399 g/mol. The maximum atomic E-state index is 12.8. The molecule has 0 spiro atoms. The molecule has 0 fully saturated rings. The second-order valence-electron chi connectivity index (χ2n) is 6.36. The molecule has 0 aliphatic carbocycles. The molecular formula is C21H22ClN3O3. The van der Waals surface area contributed by atoms with Crippen molar-refractivity contribution in [1.29, 1.82) is 0 Å². The molecule has 0 unspecified atom stereocenters. The Hall–Kier alpha value is -2.99. The summed E-state index contributed by atoms with van der Waals surface area (Å²) in [5.41, 5.74) is 2.35. The first kappa shape index (κ1) is 19.8. The second kappa shape index (κ2) is 8.80. The average Bonchev–Trinajstić information content (AvgIpc) is 3.18. The van der Waals surface area contributed by atoms with Crippen LogP contribution in [0.3, 0.4) is 0 Å². The van der Waals surface area contributed by atoms with Crippen molar-refractivity contribution in [1.82, 2.24) is 14.7 Å². The number of carbonyl (C=O) groups is 1. The van der Waals surface area contributed by atoms with Crippen LogP contribution in [0, 0.1) is 0 Å². The number of amides is 1. The fourth-order valence-electron chi connectivity index (χ4n) is 2.89. The van der Waals surface area contributed by atoms with Gasteiger partial charge in [-0.05, 0) is 23.8 Å². The molecule has 2 aromatic carbocycles. The van der Waals surface area contributed by atoms with Crippen LogP contribution in [-0.4, -0.2) is 41.9 Å². The molecule has 28 heavy (non-hydrogen) atoms. The largest absolute Gasteiger partial charge is 0.497 e. The quantitative estimate of drug-likeness (QED) is 0.605. The van der Waals surface area contributed by atoms with Crippen LogP contribution in [-0.2, 0) is 13.1 Å². The lowest BCUT2D eigenvalue weighted by molar-refractivity contribution is 0.0784. The summed E-state index contributed by atoms with van der Waals surface area (Å²) >= 11 is 6.20. The van der Waals surface area contributed by atoms with Crippen molar-refractivity contribution < 1.29 is 14.3 Å². The van der Waals surface area contributed by atoms with Crippen LogP contribution >= 0.6 is 11.6 Å². The van der Waals surface area contributed by atoms with Crippen molar-refractivity contribution in [2.75, 3.05) is 21.3 Å². The third-order valence-electron chi connectivity index (χ3n) is 4.42. The van der Waals surface area contributed by atoms with Crippen LogP contribution in [0.5, 0.6) is 11.5 Å². The molecule has 0 radical (unpaired) electrons. The molecule has 0 saturated heterocycles. The highest BCUT2D eigenvalue weighted by Crippen LogP contribution is 2.26. The zero-order valence-corrected chi connectivity index (χ0v) is 16.8. The van der Waals surface area contributed by atoms with Gasteiger partial charge >= 0.3 is 0 Å². The average molecular weight is 400 g/mol. The number of hydrogen-bond donors (Lipinski definition) is 0. The number of halogens is 1. The lowest BCUT2D eigenvalue weighted by Gasteiger charge is -2.18. The van der Waals surface area contributed by atoms with Gasteiger partial charge in [0.2, 0.25) is 0 Å². The van der Waals surface area contributed by atoms with E-state index in [1.54, 1.807) is 49.3 Å². The molecule has 3 rings (SSSR count). The van der Waals surface area contributed by atoms with Gasteiger partial charge < -0.3 is 14.4 Å². The highest BCUT2D eigenvalue weighted by atomic mass is 35.5. The van der Waals surface area contributed by atoms with E-state index in [2.05, 4.69) is 5.10 Å². The molecule has 6 nitrogen and oxygen atoms in total. The fourth-order valence-corrected chi connectivity index (χ4v) is 3.09. The van der Waals surface area contributed by atoms with Gasteiger partial charge in [0.05, 0.1) is 32.5 Å². The lowest BCUT2D eigenvalue weighted by Crippen LogP contribution is -2.26. The highest BCUT2D eigenvalue weighted by Gasteiger charge is 2.16. The summed E-state index contributed by atoms with van der Waals surface area (Å²) in [5.74, 6) is 1.26. The Labute approximate surface area is 169 Å². The first-order valence-electron chi connectivity index (χ1n) is 8.74. The third-order valence-corrected chi connectivity index (χ3v) is 4.79. The number of methoxy groups -OCH3 is 2. The normalized spacial score (nSPS) is 10.6. The molecule has 0 bridgehead atoms. The molecule has 1 amide bonds. The molecule has 0 saturated carbocycles. The molecule has 0 atom stereocenters. The summed E-state index contributed by atoms with van der Waals surface area (Å²) in [6, 6.07) is 13.1. The van der Waals surface area contributed by atoms with Gasteiger partial charge in [0.1, 0.15) is 11.5 Å². The van der Waals surface area contributed by atoms with E-state index >= 15 is 0 Å². The van der Waals surface area contributed by atoms with Crippen LogP contribution in [0.15, 0.2) is 54.9 Å². The van der Waals surface area contributed by atoms with Gasteiger partial charge in [-0.15, -0.1) is 0 Å². The molecule has 1 aromatic heterocycles. The fraction of sp³-hybridized carbons (Fsp3) is 0.238. The highest BCUT2D eigenvalue weighted by molar-refractivity contribution is 6.31. The van der Waals surface area contributed by atoms with E-state index in [0.717, 1.165) is 11.1 Å². The van der Waals surface area contributed by atoms with Crippen LogP contribution in [0.4, 0.5) is 0 Å². The summed E-state index contributed by atoms with van der Waals surface area (Å²) in [5, 5.41) is 4.96. The smallest absolute Gasteiger partial charge is 0.257 e. The van der Waals surface area contributed by atoms with Crippen molar-refractivity contribution in [2.45, 2.75) is 13.1 Å². The number of hydrogen-bond acceptors (Lipinski definition) is 4. The first-order chi connectivity index (χ1) is 13.5. The minimum absolute atomic E-state index is 0.122. The van der Waals surface area contributed by atoms with Gasteiger partial charge in [0.15, 0.2) is 0 Å². The Morgan fingerprint density at radius 2 is 1.93 bits per heavy atom. The van der Waals surface area contributed by atoms with Crippen LogP contribution in [0.2, 0.25) is 5.02 Å². The van der Waals surface area contributed by atoms with Gasteiger partial charge in [-0.3, -0.25) is 9.48 Å². The number of nitrogens with zero attached hydrogens (tertiary/aromatic N) is 3. The summed E-state index contributed by atoms with van der Waals surface area (Å²) in [6.45, 7) is 0.907. The number of ether oxygens (including phenoxy) is 2. The molecule has 1 heterocycles. The van der Waals surface area contributed by atoms with Gasteiger partial charge in [0.25, 0.3) is 5.91 Å². The summed E-state index contributed by atoms with van der Waals surface area (Å²) in [6.07, 6.45) is 3.30. The minimum Gasteiger partial charge on any atom is -0.497 e. The van der Waals surface area contributed by atoms with E-state index in [1.807, 2.05) is 36.4 Å². The number of aromatic nitrogens is 2. The summed E-state index contributed by atoms with van der Waals surface area (Å²) in [7, 11) is 4.95. The number of benzene rings is 2. The van der Waals surface area contributed by atoms with Crippen molar-refractivity contribution in [3.8, 4) is 11.5 Å². The van der Waals surface area contributed by atoms with Crippen molar-refractivity contribution in [3.63, 3.8) is 0 Å². The standard InChI is InChI=1S/C21H22ClN3O3/c1-24(12-16-8-9-18(27-2)10-20(16)28-3)21(26)17-11-23-25(14-17)13-15-6-4-5-7-19(15)22/h4-11,14H,12-13H2,1-3H3. The molecule has 0 N–H and O–H groups in total. The predicted octanol–water partition coefficient (Wildman–Crippen LogP) is 3.87. The first-order valence-corrected chi connectivity index (χ1v) is 9.12. The van der Waals surface area contributed by atoms with E-state index in [0.29, 0.717) is 35.2 Å². The Balaban J connectivity index is 1.70. The molecule has 3 aromatic rings. The van der Waals surface area contributed by atoms with Gasteiger partial charge in [0, 0.05) is 36.4 Å². The Morgan fingerprint density at radius 1 is 1.14 bits per heavy atom. The van der Waals surface area contributed by atoms with E-state index in [4.69, 9.17) is 21.1 Å². The van der Waals surface area contributed by atoms with Crippen molar-refractivity contribution in [3.05, 3.63) is 76.6 Å². The molecule has 146 valence electrons. The van der Waals surface area contributed by atoms with E-state index in [1.165, 1.54) is 0 Å². The zero-order chi connectivity index (χ0) is 20.1.